The number of rotatable bonds is 3. The molecule has 25 heavy (non-hydrogen) atoms. The smallest absolute Gasteiger partial charge is 0.325 e. The van der Waals surface area contributed by atoms with Gasteiger partial charge in [-0.15, -0.1) is 0 Å². The van der Waals surface area contributed by atoms with Gasteiger partial charge in [0.15, 0.2) is 0 Å². The minimum absolute atomic E-state index is 0.00281. The van der Waals surface area contributed by atoms with Crippen LogP contribution < -0.4 is 5.32 Å². The van der Waals surface area contributed by atoms with Crippen LogP contribution >= 0.6 is 11.6 Å². The molecular weight excluding hydrogens is 351 g/mol. The van der Waals surface area contributed by atoms with Gasteiger partial charge in [0.1, 0.15) is 0 Å². The number of halogens is 4. The number of carbonyl (C=O) groups is 1. The summed E-state index contributed by atoms with van der Waals surface area (Å²) in [5, 5.41) is 2.10. The van der Waals surface area contributed by atoms with Crippen molar-refractivity contribution >= 4 is 23.2 Å². The van der Waals surface area contributed by atoms with Crippen molar-refractivity contribution in [3.63, 3.8) is 0 Å². The fraction of sp³-hybridized carbons (Fsp3) is 0.316. The lowest BCUT2D eigenvalue weighted by Crippen LogP contribution is -2.21. The van der Waals surface area contributed by atoms with Crippen molar-refractivity contribution in [2.75, 3.05) is 5.32 Å². The molecule has 0 bridgehead atoms. The summed E-state index contributed by atoms with van der Waals surface area (Å²) in [7, 11) is 0. The van der Waals surface area contributed by atoms with Gasteiger partial charge in [-0.1, -0.05) is 60.8 Å². The maximum Gasteiger partial charge on any atom is 0.418 e. The largest absolute Gasteiger partial charge is 0.418 e. The predicted molar refractivity (Wildman–Crippen MR) is 92.5 cm³/mol. The summed E-state index contributed by atoms with van der Waals surface area (Å²) in [6.45, 7) is 0. The third-order valence-corrected chi connectivity index (χ3v) is 4.89. The molecule has 1 fully saturated rings. The number of hydrogen-bond acceptors (Lipinski definition) is 1. The molecule has 2 aromatic carbocycles. The van der Waals surface area contributed by atoms with Crippen LogP contribution in [-0.4, -0.2) is 5.91 Å². The molecule has 0 aliphatic heterocycles. The van der Waals surface area contributed by atoms with Crippen LogP contribution in [0.2, 0.25) is 5.02 Å². The molecule has 1 saturated carbocycles. The summed E-state index contributed by atoms with van der Waals surface area (Å²) < 4.78 is 40.8. The van der Waals surface area contributed by atoms with Gasteiger partial charge >= 0.3 is 6.18 Å². The topological polar surface area (TPSA) is 29.1 Å². The van der Waals surface area contributed by atoms with Crippen LogP contribution in [-0.2, 0) is 11.0 Å². The Morgan fingerprint density at radius 3 is 2.28 bits per heavy atom. The van der Waals surface area contributed by atoms with E-state index in [-0.39, 0.29) is 23.1 Å². The van der Waals surface area contributed by atoms with Gasteiger partial charge in [0.05, 0.1) is 16.3 Å². The molecule has 0 unspecified atom stereocenters. The van der Waals surface area contributed by atoms with Crippen molar-refractivity contribution in [3.05, 3.63) is 53.1 Å². The lowest BCUT2D eigenvalue weighted by atomic mass is 9.98. The number of amides is 1. The minimum Gasteiger partial charge on any atom is -0.325 e. The van der Waals surface area contributed by atoms with Gasteiger partial charge in [0.25, 0.3) is 0 Å². The van der Waals surface area contributed by atoms with Gasteiger partial charge in [-0.05, 0) is 30.0 Å². The summed E-state index contributed by atoms with van der Waals surface area (Å²) in [6, 6.07) is 11.0. The molecule has 1 aliphatic rings. The molecule has 6 heteroatoms. The molecule has 0 atom stereocenters. The zero-order valence-corrected chi connectivity index (χ0v) is 14.1. The second kappa shape index (κ2) is 7.08. The Hall–Kier alpha value is -2.01. The van der Waals surface area contributed by atoms with Gasteiger partial charge in [0.2, 0.25) is 5.91 Å². The van der Waals surface area contributed by atoms with E-state index in [9.17, 15) is 18.0 Å². The van der Waals surface area contributed by atoms with Crippen LogP contribution in [0.25, 0.3) is 11.1 Å². The van der Waals surface area contributed by atoms with Crippen molar-refractivity contribution in [2.45, 2.75) is 31.9 Å². The highest BCUT2D eigenvalue weighted by molar-refractivity contribution is 6.35. The van der Waals surface area contributed by atoms with Crippen LogP contribution in [0, 0.1) is 5.92 Å². The highest BCUT2D eigenvalue weighted by atomic mass is 35.5. The third-order valence-electron chi connectivity index (χ3n) is 4.49. The van der Waals surface area contributed by atoms with Crippen molar-refractivity contribution in [3.8, 4) is 11.1 Å². The Morgan fingerprint density at radius 2 is 1.68 bits per heavy atom. The highest BCUT2D eigenvalue weighted by Crippen LogP contribution is 2.44. The highest BCUT2D eigenvalue weighted by Gasteiger charge is 2.37. The first-order valence-corrected chi connectivity index (χ1v) is 8.51. The molecule has 0 aromatic heterocycles. The normalized spacial score (nSPS) is 15.4. The maximum atomic E-state index is 13.6. The van der Waals surface area contributed by atoms with Crippen LogP contribution in [0.1, 0.15) is 31.2 Å². The van der Waals surface area contributed by atoms with E-state index in [2.05, 4.69) is 5.32 Å². The fourth-order valence-corrected chi connectivity index (χ4v) is 3.55. The molecule has 3 rings (SSSR count). The number of hydrogen-bond donors (Lipinski definition) is 1. The van der Waals surface area contributed by atoms with Gasteiger partial charge < -0.3 is 5.32 Å². The second-order valence-corrected chi connectivity index (χ2v) is 6.56. The molecule has 0 radical (unpaired) electrons. The van der Waals surface area contributed by atoms with Gasteiger partial charge in [-0.3, -0.25) is 4.79 Å². The Kier molecular flexibility index (Phi) is 5.04. The molecule has 1 amide bonds. The molecule has 0 spiro atoms. The van der Waals surface area contributed by atoms with E-state index in [1.54, 1.807) is 30.3 Å². The van der Waals surface area contributed by atoms with E-state index in [0.717, 1.165) is 25.7 Å². The van der Waals surface area contributed by atoms with Crippen LogP contribution in [0.5, 0.6) is 0 Å². The quantitative estimate of drug-likeness (QED) is 0.692. The van der Waals surface area contributed by atoms with Gasteiger partial charge in [-0.2, -0.15) is 13.2 Å². The van der Waals surface area contributed by atoms with Crippen LogP contribution in [0.3, 0.4) is 0 Å². The first kappa shape index (κ1) is 17.8. The van der Waals surface area contributed by atoms with Crippen molar-refractivity contribution in [1.29, 1.82) is 0 Å². The van der Waals surface area contributed by atoms with Crippen molar-refractivity contribution < 1.29 is 18.0 Å². The van der Waals surface area contributed by atoms with Crippen LogP contribution in [0.15, 0.2) is 42.5 Å². The Labute approximate surface area is 149 Å². The molecule has 132 valence electrons. The molecule has 0 saturated heterocycles. The fourth-order valence-electron chi connectivity index (χ4n) is 3.23. The summed E-state index contributed by atoms with van der Waals surface area (Å²) in [6.07, 6.45) is -1.18. The van der Waals surface area contributed by atoms with Crippen LogP contribution in [0.4, 0.5) is 18.9 Å². The molecule has 0 heterocycles. The predicted octanol–water partition coefficient (Wildman–Crippen LogP) is 6.15. The molecule has 1 aliphatic carbocycles. The van der Waals surface area contributed by atoms with E-state index in [1.165, 1.54) is 12.1 Å². The Morgan fingerprint density at radius 1 is 1.04 bits per heavy atom. The lowest BCUT2D eigenvalue weighted by Gasteiger charge is -2.19. The number of benzene rings is 2. The summed E-state index contributed by atoms with van der Waals surface area (Å²) in [4.78, 5) is 12.2. The average Bonchev–Trinajstić information content (AvgIpc) is 3.10. The summed E-state index contributed by atoms with van der Waals surface area (Å²) in [5.41, 5.74) is -0.502. The summed E-state index contributed by atoms with van der Waals surface area (Å²) >= 11 is 6.06. The van der Waals surface area contributed by atoms with E-state index in [0.29, 0.717) is 5.56 Å². The van der Waals surface area contributed by atoms with E-state index >= 15 is 0 Å². The second-order valence-electron chi connectivity index (χ2n) is 6.18. The van der Waals surface area contributed by atoms with Gasteiger partial charge in [-0.25, -0.2) is 0 Å². The SMILES string of the molecule is O=C(Nc1ccc(-c2ccccc2)c(C(F)(F)F)c1Cl)C1CCCC1. The standard InChI is InChI=1S/C19H17ClF3NO/c20-17-15(24-18(25)13-8-4-5-9-13)11-10-14(16(17)19(21,22)23)12-6-2-1-3-7-12/h1-3,6-7,10-11,13H,4-5,8-9H2,(H,24,25). The molecule has 1 N–H and O–H groups in total. The van der Waals surface area contributed by atoms with E-state index in [1.807, 2.05) is 0 Å². The monoisotopic (exact) mass is 367 g/mol. The molecule has 2 aromatic rings. The number of alkyl halides is 3. The number of carbonyl (C=O) groups excluding carboxylic acids is 1. The third kappa shape index (κ3) is 3.82. The molecular formula is C19H17ClF3NO. The minimum atomic E-state index is -4.63. The zero-order chi connectivity index (χ0) is 18.0. The lowest BCUT2D eigenvalue weighted by molar-refractivity contribution is -0.137. The Balaban J connectivity index is 2.00. The van der Waals surface area contributed by atoms with Crippen molar-refractivity contribution in [1.82, 2.24) is 0 Å². The van der Waals surface area contributed by atoms with E-state index in [4.69, 9.17) is 11.6 Å². The number of nitrogens with one attached hydrogen (secondary N) is 1. The average molecular weight is 368 g/mol. The molecule has 2 nitrogen and oxygen atoms in total. The van der Waals surface area contributed by atoms with E-state index < -0.39 is 16.8 Å². The number of anilines is 1. The first-order valence-electron chi connectivity index (χ1n) is 8.14. The maximum absolute atomic E-state index is 13.6. The summed E-state index contributed by atoms with van der Waals surface area (Å²) in [5.74, 6) is -0.417. The first-order chi connectivity index (χ1) is 11.9. The Bertz CT molecular complexity index is 768. The van der Waals surface area contributed by atoms with Gasteiger partial charge in [0, 0.05) is 5.92 Å². The zero-order valence-electron chi connectivity index (χ0n) is 13.4. The van der Waals surface area contributed by atoms with Crippen molar-refractivity contribution in [2.24, 2.45) is 5.92 Å².